The third-order valence-electron chi connectivity index (χ3n) is 7.61. The van der Waals surface area contributed by atoms with Crippen molar-refractivity contribution >= 4 is 18.1 Å². The van der Waals surface area contributed by atoms with E-state index in [4.69, 9.17) is 4.74 Å². The molecule has 1 aliphatic carbocycles. The molecule has 2 aliphatic rings. The van der Waals surface area contributed by atoms with Gasteiger partial charge in [0.25, 0.3) is 5.91 Å². The van der Waals surface area contributed by atoms with Gasteiger partial charge in [-0.1, -0.05) is 22.9 Å². The van der Waals surface area contributed by atoms with E-state index in [1.54, 1.807) is 17.1 Å². The summed E-state index contributed by atoms with van der Waals surface area (Å²) in [5.41, 5.74) is 6.28. The number of allylic oxidation sites excluding steroid dienone is 1. The van der Waals surface area contributed by atoms with E-state index in [1.807, 2.05) is 44.7 Å². The Morgan fingerprint density at radius 2 is 1.90 bits per heavy atom. The smallest absolute Gasteiger partial charge is 0.410 e. The van der Waals surface area contributed by atoms with Crippen molar-refractivity contribution in [3.63, 3.8) is 0 Å². The zero-order valence-electron chi connectivity index (χ0n) is 25.0. The Labute approximate surface area is 246 Å². The highest BCUT2D eigenvalue weighted by Gasteiger charge is 2.30. The normalized spacial score (nSPS) is 15.3. The van der Waals surface area contributed by atoms with Crippen molar-refractivity contribution in [2.45, 2.75) is 84.9 Å². The lowest BCUT2D eigenvalue weighted by Crippen LogP contribution is -2.42. The first-order valence-electron chi connectivity index (χ1n) is 14.8. The summed E-state index contributed by atoms with van der Waals surface area (Å²) in [6.07, 6.45) is 10.8. The van der Waals surface area contributed by atoms with Crippen molar-refractivity contribution in [2.24, 2.45) is 5.92 Å². The van der Waals surface area contributed by atoms with Crippen LogP contribution in [0.25, 0.3) is 6.08 Å². The van der Waals surface area contributed by atoms with E-state index >= 15 is 0 Å². The standard InChI is InChI=1S/C31H40N8O3/c1-21-8-9-22(18-32-21)19-33-29(40)28-20-39(37-36-28)12-6-5-7-26-16-25-15-24(17-27(25)35-34-26)23-10-13-38(14-11-23)30(41)42-31(2,3)4/h8-9,15-16,18,20,23H,5-7,10-14,17,19H2,1-4H3,(H,33,40). The molecule has 1 saturated heterocycles. The molecule has 222 valence electrons. The van der Waals surface area contributed by atoms with Crippen LogP contribution in [-0.4, -0.2) is 65.8 Å². The molecule has 11 heteroatoms. The predicted molar refractivity (Wildman–Crippen MR) is 157 cm³/mol. The number of hydrogen-bond donors (Lipinski definition) is 1. The summed E-state index contributed by atoms with van der Waals surface area (Å²) in [5, 5.41) is 20.0. The number of nitrogens with one attached hydrogen (secondary N) is 1. The molecule has 4 heterocycles. The molecule has 0 saturated carbocycles. The van der Waals surface area contributed by atoms with Crippen molar-refractivity contribution in [3.8, 4) is 0 Å². The van der Waals surface area contributed by atoms with Gasteiger partial charge in [0.1, 0.15) is 5.60 Å². The molecule has 0 aromatic carbocycles. The van der Waals surface area contributed by atoms with E-state index in [9.17, 15) is 9.59 Å². The second kappa shape index (κ2) is 12.8. The highest BCUT2D eigenvalue weighted by Crippen LogP contribution is 2.34. The fraction of sp³-hybridized carbons (Fsp3) is 0.516. The number of rotatable bonds is 9. The van der Waals surface area contributed by atoms with Crippen molar-refractivity contribution in [1.82, 2.24) is 40.4 Å². The van der Waals surface area contributed by atoms with E-state index in [0.29, 0.717) is 37.8 Å². The number of carbonyl (C=O) groups excluding carboxylic acids is 2. The van der Waals surface area contributed by atoms with Gasteiger partial charge in [0.2, 0.25) is 0 Å². The molecule has 0 radical (unpaired) electrons. The molecule has 3 aromatic heterocycles. The molecule has 42 heavy (non-hydrogen) atoms. The zero-order chi connectivity index (χ0) is 29.7. The summed E-state index contributed by atoms with van der Waals surface area (Å²) in [7, 11) is 0. The first-order valence-corrected chi connectivity index (χ1v) is 14.8. The first-order chi connectivity index (χ1) is 20.1. The van der Waals surface area contributed by atoms with Gasteiger partial charge in [0.15, 0.2) is 5.69 Å². The number of ether oxygens (including phenoxy) is 1. The molecule has 11 nitrogen and oxygen atoms in total. The second-order valence-corrected chi connectivity index (χ2v) is 12.2. The highest BCUT2D eigenvalue weighted by molar-refractivity contribution is 5.91. The third-order valence-corrected chi connectivity index (χ3v) is 7.61. The number of aromatic nitrogens is 6. The summed E-state index contributed by atoms with van der Waals surface area (Å²) < 4.78 is 7.24. The molecular weight excluding hydrogens is 532 g/mol. The van der Waals surface area contributed by atoms with E-state index < -0.39 is 5.60 Å². The molecule has 2 amide bonds. The number of nitrogens with zero attached hydrogens (tertiary/aromatic N) is 7. The van der Waals surface area contributed by atoms with Gasteiger partial charge in [-0.2, -0.15) is 10.2 Å². The van der Waals surface area contributed by atoms with E-state index in [-0.39, 0.29) is 12.0 Å². The zero-order valence-corrected chi connectivity index (χ0v) is 25.0. The first kappa shape index (κ1) is 29.3. The maximum absolute atomic E-state index is 12.4. The lowest BCUT2D eigenvalue weighted by Gasteiger charge is -2.34. The van der Waals surface area contributed by atoms with Gasteiger partial charge in [0.05, 0.1) is 17.6 Å². The van der Waals surface area contributed by atoms with Crippen molar-refractivity contribution in [1.29, 1.82) is 0 Å². The molecule has 1 aliphatic heterocycles. The Kier molecular flexibility index (Phi) is 8.94. The number of likely N-dealkylation sites (tertiary alicyclic amines) is 1. The number of aryl methyl sites for hydroxylation is 3. The summed E-state index contributed by atoms with van der Waals surface area (Å²) in [4.78, 5) is 30.9. The van der Waals surface area contributed by atoms with Gasteiger partial charge in [-0.3, -0.25) is 14.5 Å². The van der Waals surface area contributed by atoms with Crippen LogP contribution in [0.15, 0.2) is 36.2 Å². The molecule has 1 N–H and O–H groups in total. The van der Waals surface area contributed by atoms with Crippen LogP contribution >= 0.6 is 0 Å². The molecule has 1 fully saturated rings. The van der Waals surface area contributed by atoms with Crippen molar-refractivity contribution in [3.05, 3.63) is 70.1 Å². The molecular formula is C31H40N8O3. The summed E-state index contributed by atoms with van der Waals surface area (Å²) in [5.74, 6) is 0.201. The van der Waals surface area contributed by atoms with Crippen LogP contribution in [-0.2, 0) is 30.7 Å². The third kappa shape index (κ3) is 7.77. The fourth-order valence-electron chi connectivity index (χ4n) is 5.29. The number of fused-ring (bicyclic) bond motifs is 1. The maximum atomic E-state index is 12.4. The second-order valence-electron chi connectivity index (χ2n) is 12.2. The summed E-state index contributed by atoms with van der Waals surface area (Å²) in [6.45, 7) is 10.1. The van der Waals surface area contributed by atoms with E-state index in [0.717, 1.165) is 66.7 Å². The molecule has 0 unspecified atom stereocenters. The van der Waals surface area contributed by atoms with Gasteiger partial charge in [-0.15, -0.1) is 5.10 Å². The average Bonchev–Trinajstić information content (AvgIpc) is 3.61. The van der Waals surface area contributed by atoms with Crippen molar-refractivity contribution < 1.29 is 14.3 Å². The van der Waals surface area contributed by atoms with Crippen molar-refractivity contribution in [2.75, 3.05) is 13.1 Å². The van der Waals surface area contributed by atoms with Gasteiger partial charge in [-0.05, 0) is 89.0 Å². The van der Waals surface area contributed by atoms with Gasteiger partial charge < -0.3 is 15.0 Å². The number of piperidine rings is 1. The van der Waals surface area contributed by atoms with E-state index in [2.05, 4.69) is 43.0 Å². The quantitative estimate of drug-likeness (QED) is 0.376. The number of unbranched alkanes of at least 4 members (excludes halogenated alkanes) is 1. The maximum Gasteiger partial charge on any atom is 0.410 e. The van der Waals surface area contributed by atoms with Gasteiger partial charge in [0, 0.05) is 44.5 Å². The Balaban J connectivity index is 1.04. The Hall–Kier alpha value is -4.15. The van der Waals surface area contributed by atoms with Crippen LogP contribution in [0.3, 0.4) is 0 Å². The van der Waals surface area contributed by atoms with Crippen LogP contribution in [0.2, 0.25) is 0 Å². The number of carbonyl (C=O) groups is 2. The molecule has 3 aromatic rings. The largest absolute Gasteiger partial charge is 0.444 e. The van der Waals surface area contributed by atoms with E-state index in [1.165, 1.54) is 5.57 Å². The fourth-order valence-corrected chi connectivity index (χ4v) is 5.29. The Morgan fingerprint density at radius 1 is 1.10 bits per heavy atom. The molecule has 0 bridgehead atoms. The SMILES string of the molecule is Cc1ccc(CNC(=O)c2cn(CCCCc3cc4c(nn3)CC(C3CCN(C(=O)OC(C)(C)C)CC3)=C4)nn2)cn1. The molecule has 5 rings (SSSR count). The van der Waals surface area contributed by atoms with Crippen LogP contribution in [0.1, 0.15) is 85.2 Å². The lowest BCUT2D eigenvalue weighted by molar-refractivity contribution is 0.0194. The highest BCUT2D eigenvalue weighted by atomic mass is 16.6. The number of pyridine rings is 1. The number of amides is 2. The average molecular weight is 573 g/mol. The predicted octanol–water partition coefficient (Wildman–Crippen LogP) is 4.31. The van der Waals surface area contributed by atoms with Crippen LogP contribution < -0.4 is 5.32 Å². The van der Waals surface area contributed by atoms with Crippen LogP contribution in [0, 0.1) is 12.8 Å². The minimum atomic E-state index is -0.474. The van der Waals surface area contributed by atoms with Gasteiger partial charge in [-0.25, -0.2) is 4.79 Å². The summed E-state index contributed by atoms with van der Waals surface area (Å²) >= 11 is 0. The van der Waals surface area contributed by atoms with Crippen LogP contribution in [0.4, 0.5) is 4.79 Å². The molecule has 0 atom stereocenters. The van der Waals surface area contributed by atoms with Gasteiger partial charge >= 0.3 is 6.09 Å². The Morgan fingerprint density at radius 3 is 2.64 bits per heavy atom. The van der Waals surface area contributed by atoms with Crippen LogP contribution in [0.5, 0.6) is 0 Å². The Bertz CT molecular complexity index is 1430. The lowest BCUT2D eigenvalue weighted by atomic mass is 9.88. The number of hydrogen-bond acceptors (Lipinski definition) is 8. The minimum Gasteiger partial charge on any atom is -0.444 e. The molecule has 0 spiro atoms. The monoisotopic (exact) mass is 572 g/mol. The minimum absolute atomic E-state index is 0.221. The summed E-state index contributed by atoms with van der Waals surface area (Å²) in [6, 6.07) is 6.02. The topological polar surface area (TPSA) is 128 Å².